The molecule has 6 nitrogen and oxygen atoms in total. The van der Waals surface area contributed by atoms with Crippen molar-refractivity contribution < 1.29 is 18.4 Å². The van der Waals surface area contributed by atoms with Crippen LogP contribution in [0.25, 0.3) is 11.3 Å². The molecule has 9 heteroatoms. The van der Waals surface area contributed by atoms with E-state index < -0.39 is 5.91 Å². The summed E-state index contributed by atoms with van der Waals surface area (Å²) in [5.74, 6) is -0.895. The lowest BCUT2D eigenvalue weighted by molar-refractivity contribution is 0.0995. The van der Waals surface area contributed by atoms with Gasteiger partial charge in [-0.05, 0) is 36.4 Å². The van der Waals surface area contributed by atoms with Gasteiger partial charge < -0.3 is 9.73 Å². The number of furan rings is 1. The molecule has 3 heterocycles. The lowest BCUT2D eigenvalue weighted by atomic mass is 10.2. The second kappa shape index (κ2) is 7.75. The Bertz CT molecular complexity index is 1130. The molecule has 0 bridgehead atoms. The van der Waals surface area contributed by atoms with Crippen LogP contribution in [0.1, 0.15) is 20.2 Å². The summed E-state index contributed by atoms with van der Waals surface area (Å²) in [6.45, 7) is 0. The Morgan fingerprint density at radius 2 is 1.93 bits per heavy atom. The fourth-order valence-electron chi connectivity index (χ4n) is 2.38. The van der Waals surface area contributed by atoms with Gasteiger partial charge in [-0.1, -0.05) is 12.1 Å². The number of benzene rings is 1. The summed E-state index contributed by atoms with van der Waals surface area (Å²) in [4.78, 5) is 29.1. The van der Waals surface area contributed by atoms with E-state index in [9.17, 15) is 14.0 Å². The summed E-state index contributed by atoms with van der Waals surface area (Å²) in [5, 5.41) is 8.05. The maximum Gasteiger partial charge on any atom is 0.291 e. The molecule has 0 saturated carbocycles. The SMILES string of the molecule is O=C(Nc1ccc(C(=O)Nc2nc(-c3cccc(F)c3)cs2)s1)c1ccco1. The Balaban J connectivity index is 1.42. The first-order valence-electron chi connectivity index (χ1n) is 8.06. The first-order chi connectivity index (χ1) is 13.6. The molecule has 2 N–H and O–H groups in total. The maximum absolute atomic E-state index is 13.3. The number of amides is 2. The van der Waals surface area contributed by atoms with E-state index >= 15 is 0 Å². The third-order valence-corrected chi connectivity index (χ3v) is 5.41. The normalized spacial score (nSPS) is 10.6. The van der Waals surface area contributed by atoms with Gasteiger partial charge in [-0.3, -0.25) is 14.9 Å². The van der Waals surface area contributed by atoms with E-state index in [0.717, 1.165) is 11.3 Å². The molecule has 28 heavy (non-hydrogen) atoms. The standard InChI is InChI=1S/C19H12FN3O3S2/c20-12-4-1-3-11(9-12)13-10-27-19(21-13)23-18(25)15-6-7-16(28-15)22-17(24)14-5-2-8-26-14/h1-10H,(H,22,24)(H,21,23,25). The average Bonchev–Trinajstić information content (AvgIpc) is 3.43. The van der Waals surface area contributed by atoms with Gasteiger partial charge in [0.2, 0.25) is 0 Å². The van der Waals surface area contributed by atoms with Crippen LogP contribution in [-0.2, 0) is 0 Å². The second-order valence-corrected chi connectivity index (χ2v) is 7.54. The van der Waals surface area contributed by atoms with E-state index in [0.29, 0.717) is 26.3 Å². The minimum Gasteiger partial charge on any atom is -0.459 e. The molecule has 0 atom stereocenters. The molecule has 0 fully saturated rings. The Morgan fingerprint density at radius 3 is 2.71 bits per heavy atom. The minimum atomic E-state index is -0.390. The number of carbonyl (C=O) groups excluding carboxylic acids is 2. The first-order valence-corrected chi connectivity index (χ1v) is 9.75. The van der Waals surface area contributed by atoms with Crippen molar-refractivity contribution in [1.29, 1.82) is 0 Å². The zero-order valence-electron chi connectivity index (χ0n) is 14.1. The Labute approximate surface area is 166 Å². The molecule has 0 aliphatic carbocycles. The number of thiophene rings is 1. The van der Waals surface area contributed by atoms with Gasteiger partial charge in [0.15, 0.2) is 10.9 Å². The van der Waals surface area contributed by atoms with Crippen LogP contribution in [0.3, 0.4) is 0 Å². The van der Waals surface area contributed by atoms with Crippen molar-refractivity contribution in [1.82, 2.24) is 4.98 Å². The molecule has 4 aromatic rings. The number of thiazole rings is 1. The highest BCUT2D eigenvalue weighted by Gasteiger charge is 2.15. The summed E-state index contributed by atoms with van der Waals surface area (Å²) in [6.07, 6.45) is 1.41. The molecule has 3 aromatic heterocycles. The van der Waals surface area contributed by atoms with Gasteiger partial charge in [-0.25, -0.2) is 9.37 Å². The molecule has 0 spiro atoms. The highest BCUT2D eigenvalue weighted by molar-refractivity contribution is 7.18. The zero-order valence-corrected chi connectivity index (χ0v) is 15.8. The number of halogens is 1. The fraction of sp³-hybridized carbons (Fsp3) is 0. The van der Waals surface area contributed by atoms with Crippen LogP contribution in [0, 0.1) is 5.82 Å². The van der Waals surface area contributed by atoms with Gasteiger partial charge in [-0.2, -0.15) is 0 Å². The fourth-order valence-corrected chi connectivity index (χ4v) is 3.89. The van der Waals surface area contributed by atoms with E-state index in [1.807, 2.05) is 0 Å². The van der Waals surface area contributed by atoms with Crippen molar-refractivity contribution in [2.24, 2.45) is 0 Å². The first kappa shape index (κ1) is 18.1. The second-order valence-electron chi connectivity index (χ2n) is 5.60. The lowest BCUT2D eigenvalue weighted by Gasteiger charge is -2.00. The Morgan fingerprint density at radius 1 is 1.04 bits per heavy atom. The summed E-state index contributed by atoms with van der Waals surface area (Å²) in [7, 11) is 0. The van der Waals surface area contributed by atoms with Crippen LogP contribution in [-0.4, -0.2) is 16.8 Å². The molecule has 0 aliphatic rings. The molecular formula is C19H12FN3O3S2. The number of rotatable bonds is 5. The predicted octanol–water partition coefficient (Wildman–Crippen LogP) is 5.11. The van der Waals surface area contributed by atoms with Gasteiger partial charge >= 0.3 is 0 Å². The van der Waals surface area contributed by atoms with Crippen LogP contribution >= 0.6 is 22.7 Å². The molecule has 0 unspecified atom stereocenters. The zero-order chi connectivity index (χ0) is 19.5. The molecule has 1 aromatic carbocycles. The monoisotopic (exact) mass is 413 g/mol. The third-order valence-electron chi connectivity index (χ3n) is 3.66. The quantitative estimate of drug-likeness (QED) is 0.476. The van der Waals surface area contributed by atoms with Crippen molar-refractivity contribution >= 4 is 44.6 Å². The lowest BCUT2D eigenvalue weighted by Crippen LogP contribution is -2.10. The van der Waals surface area contributed by atoms with Gasteiger partial charge in [0.1, 0.15) is 5.82 Å². The number of nitrogens with one attached hydrogen (secondary N) is 2. The van der Waals surface area contributed by atoms with Crippen molar-refractivity contribution in [3.8, 4) is 11.3 Å². The number of aromatic nitrogens is 1. The van der Waals surface area contributed by atoms with Crippen molar-refractivity contribution in [3.05, 3.63) is 76.6 Å². The number of anilines is 2. The highest BCUT2D eigenvalue weighted by Crippen LogP contribution is 2.27. The van der Waals surface area contributed by atoms with E-state index in [2.05, 4.69) is 15.6 Å². The smallest absolute Gasteiger partial charge is 0.291 e. The van der Waals surface area contributed by atoms with Gasteiger partial charge in [-0.15, -0.1) is 22.7 Å². The van der Waals surface area contributed by atoms with Crippen LogP contribution in [0.2, 0.25) is 0 Å². The Hall–Kier alpha value is -3.30. The van der Waals surface area contributed by atoms with Gasteiger partial charge in [0, 0.05) is 10.9 Å². The largest absolute Gasteiger partial charge is 0.459 e. The van der Waals surface area contributed by atoms with Crippen LogP contribution in [0.15, 0.2) is 64.6 Å². The molecular weight excluding hydrogens is 401 g/mol. The van der Waals surface area contributed by atoms with E-state index in [1.165, 1.54) is 29.7 Å². The molecule has 4 rings (SSSR count). The average molecular weight is 413 g/mol. The maximum atomic E-state index is 13.3. The van der Waals surface area contributed by atoms with Crippen LogP contribution < -0.4 is 10.6 Å². The number of nitrogens with zero attached hydrogens (tertiary/aromatic N) is 1. The molecule has 140 valence electrons. The van der Waals surface area contributed by atoms with Crippen LogP contribution in [0.4, 0.5) is 14.5 Å². The molecule has 2 amide bonds. The van der Waals surface area contributed by atoms with Gasteiger partial charge in [0.05, 0.1) is 21.8 Å². The molecule has 0 radical (unpaired) electrons. The van der Waals surface area contributed by atoms with Crippen molar-refractivity contribution in [2.45, 2.75) is 0 Å². The Kier molecular flexibility index (Phi) is 5.00. The summed E-state index contributed by atoms with van der Waals surface area (Å²) < 4.78 is 18.4. The summed E-state index contributed by atoms with van der Waals surface area (Å²) in [5.41, 5.74) is 1.22. The van der Waals surface area contributed by atoms with E-state index in [1.54, 1.807) is 41.8 Å². The molecule has 0 saturated heterocycles. The van der Waals surface area contributed by atoms with Crippen molar-refractivity contribution in [3.63, 3.8) is 0 Å². The third kappa shape index (κ3) is 4.00. The minimum absolute atomic E-state index is 0.187. The number of hydrogen-bond donors (Lipinski definition) is 2. The van der Waals surface area contributed by atoms with Gasteiger partial charge in [0.25, 0.3) is 11.8 Å². The number of carbonyl (C=O) groups is 2. The topological polar surface area (TPSA) is 84.2 Å². The molecule has 0 aliphatic heterocycles. The summed E-state index contributed by atoms with van der Waals surface area (Å²) in [6, 6.07) is 12.5. The van der Waals surface area contributed by atoms with Crippen LogP contribution in [0.5, 0.6) is 0 Å². The predicted molar refractivity (Wildman–Crippen MR) is 106 cm³/mol. The number of hydrogen-bond acceptors (Lipinski definition) is 6. The van der Waals surface area contributed by atoms with E-state index in [4.69, 9.17) is 4.42 Å². The summed E-state index contributed by atoms with van der Waals surface area (Å²) >= 11 is 2.38. The highest BCUT2D eigenvalue weighted by atomic mass is 32.1. The van der Waals surface area contributed by atoms with Crippen molar-refractivity contribution in [2.75, 3.05) is 10.6 Å². The van der Waals surface area contributed by atoms with E-state index in [-0.39, 0.29) is 17.5 Å².